The number of hydrogen-bond acceptors (Lipinski definition) is 3. The number of hydrogen-bond donors (Lipinski definition) is 2. The van der Waals surface area contributed by atoms with Gasteiger partial charge in [-0.3, -0.25) is 4.79 Å². The smallest absolute Gasteiger partial charge is 0.354 e. The number of aromatic carboxylic acids is 1. The van der Waals surface area contributed by atoms with Gasteiger partial charge in [0.05, 0.1) is 5.56 Å². The van der Waals surface area contributed by atoms with Crippen molar-refractivity contribution in [3.8, 4) is 0 Å². The lowest BCUT2D eigenvalue weighted by Crippen LogP contribution is -2.29. The Bertz CT molecular complexity index is 452. The Hall–Kier alpha value is -1.91. The second kappa shape index (κ2) is 5.16. The van der Waals surface area contributed by atoms with E-state index in [1.807, 2.05) is 0 Å². The van der Waals surface area contributed by atoms with Gasteiger partial charge in [-0.1, -0.05) is 6.92 Å². The number of nitrogens with zero attached hydrogens (tertiary/aromatic N) is 1. The lowest BCUT2D eigenvalue weighted by molar-refractivity contribution is 0.0689. The molecule has 1 aliphatic rings. The summed E-state index contributed by atoms with van der Waals surface area (Å²) in [6, 6.07) is 2.81. The lowest BCUT2D eigenvalue weighted by atomic mass is 10.1. The van der Waals surface area contributed by atoms with Crippen molar-refractivity contribution in [2.75, 3.05) is 6.54 Å². The molecule has 1 saturated carbocycles. The molecule has 0 radical (unpaired) electrons. The molecule has 1 amide bonds. The van der Waals surface area contributed by atoms with Crippen LogP contribution in [-0.2, 0) is 0 Å². The standard InChI is InChI=1S/C13H16N2O3/c1-8(9-2-3-9)6-15-12(16)10-4-5-11(13(17)18)14-7-10/h4-5,7-9H,2-3,6H2,1H3,(H,15,16)(H,17,18). The Morgan fingerprint density at radius 3 is 2.72 bits per heavy atom. The first kappa shape index (κ1) is 12.5. The molecule has 1 unspecified atom stereocenters. The highest BCUT2D eigenvalue weighted by Gasteiger charge is 2.27. The SMILES string of the molecule is CC(CNC(=O)c1ccc(C(=O)O)nc1)C1CC1. The number of aromatic nitrogens is 1. The minimum absolute atomic E-state index is 0.0575. The van der Waals surface area contributed by atoms with Gasteiger partial charge in [-0.25, -0.2) is 9.78 Å². The first-order valence-electron chi connectivity index (χ1n) is 6.05. The van der Waals surface area contributed by atoms with Crippen LogP contribution in [0, 0.1) is 11.8 Å². The third kappa shape index (κ3) is 3.06. The second-order valence-corrected chi connectivity index (χ2v) is 4.76. The quantitative estimate of drug-likeness (QED) is 0.828. The van der Waals surface area contributed by atoms with Crippen LogP contribution < -0.4 is 5.32 Å². The summed E-state index contributed by atoms with van der Waals surface area (Å²) in [5.74, 6) is -0.0470. The van der Waals surface area contributed by atoms with E-state index in [-0.39, 0.29) is 11.6 Å². The van der Waals surface area contributed by atoms with Crippen LogP contribution in [-0.4, -0.2) is 28.5 Å². The average molecular weight is 248 g/mol. The number of nitrogens with one attached hydrogen (secondary N) is 1. The van der Waals surface area contributed by atoms with Crippen molar-refractivity contribution in [1.82, 2.24) is 10.3 Å². The molecule has 5 nitrogen and oxygen atoms in total. The summed E-state index contributed by atoms with van der Waals surface area (Å²) >= 11 is 0. The topological polar surface area (TPSA) is 79.3 Å². The number of amides is 1. The Morgan fingerprint density at radius 2 is 2.22 bits per heavy atom. The molecule has 1 heterocycles. The third-order valence-electron chi connectivity index (χ3n) is 3.26. The monoisotopic (exact) mass is 248 g/mol. The van der Waals surface area contributed by atoms with Crippen molar-refractivity contribution in [3.05, 3.63) is 29.6 Å². The fourth-order valence-corrected chi connectivity index (χ4v) is 1.84. The highest BCUT2D eigenvalue weighted by Crippen LogP contribution is 2.36. The van der Waals surface area contributed by atoms with Gasteiger partial charge in [-0.05, 0) is 36.8 Å². The first-order valence-corrected chi connectivity index (χ1v) is 6.05. The van der Waals surface area contributed by atoms with E-state index in [0.29, 0.717) is 18.0 Å². The molecule has 0 spiro atoms. The number of carboxylic acids is 1. The zero-order valence-corrected chi connectivity index (χ0v) is 10.2. The number of pyridine rings is 1. The summed E-state index contributed by atoms with van der Waals surface area (Å²) in [7, 11) is 0. The maximum Gasteiger partial charge on any atom is 0.354 e. The second-order valence-electron chi connectivity index (χ2n) is 4.76. The van der Waals surface area contributed by atoms with E-state index in [1.165, 1.54) is 31.2 Å². The molecule has 18 heavy (non-hydrogen) atoms. The molecular formula is C13H16N2O3. The van der Waals surface area contributed by atoms with Gasteiger partial charge >= 0.3 is 5.97 Å². The normalized spacial score (nSPS) is 16.1. The van der Waals surface area contributed by atoms with Crippen molar-refractivity contribution in [1.29, 1.82) is 0 Å². The number of carboxylic acid groups (broad SMARTS) is 1. The molecule has 0 aromatic carbocycles. The van der Waals surface area contributed by atoms with Crippen LogP contribution in [0.15, 0.2) is 18.3 Å². The van der Waals surface area contributed by atoms with Crippen molar-refractivity contribution < 1.29 is 14.7 Å². The van der Waals surface area contributed by atoms with Gasteiger partial charge in [0.1, 0.15) is 5.69 Å². The zero-order chi connectivity index (χ0) is 13.1. The van der Waals surface area contributed by atoms with Crippen molar-refractivity contribution in [2.45, 2.75) is 19.8 Å². The zero-order valence-electron chi connectivity index (χ0n) is 10.2. The molecule has 5 heteroatoms. The van der Waals surface area contributed by atoms with E-state index in [0.717, 1.165) is 5.92 Å². The molecule has 1 fully saturated rings. The van der Waals surface area contributed by atoms with Gasteiger partial charge in [-0.2, -0.15) is 0 Å². The van der Waals surface area contributed by atoms with E-state index >= 15 is 0 Å². The van der Waals surface area contributed by atoms with E-state index < -0.39 is 5.97 Å². The summed E-state index contributed by atoms with van der Waals surface area (Å²) in [5, 5.41) is 11.5. The van der Waals surface area contributed by atoms with E-state index in [4.69, 9.17) is 5.11 Å². The minimum Gasteiger partial charge on any atom is -0.477 e. The molecule has 1 atom stereocenters. The van der Waals surface area contributed by atoms with Crippen LogP contribution in [0.5, 0.6) is 0 Å². The number of carbonyl (C=O) groups is 2. The van der Waals surface area contributed by atoms with Crippen molar-refractivity contribution >= 4 is 11.9 Å². The summed E-state index contributed by atoms with van der Waals surface area (Å²) in [6.45, 7) is 2.79. The third-order valence-corrected chi connectivity index (χ3v) is 3.26. The molecule has 2 N–H and O–H groups in total. The van der Waals surface area contributed by atoms with Crippen LogP contribution in [0.2, 0.25) is 0 Å². The van der Waals surface area contributed by atoms with Gasteiger partial charge < -0.3 is 10.4 Å². The summed E-state index contributed by atoms with van der Waals surface area (Å²) in [5.41, 5.74) is 0.334. The predicted molar refractivity (Wildman–Crippen MR) is 65.4 cm³/mol. The number of carbonyl (C=O) groups excluding carboxylic acids is 1. The van der Waals surface area contributed by atoms with E-state index in [1.54, 1.807) is 0 Å². The van der Waals surface area contributed by atoms with Crippen LogP contribution in [0.25, 0.3) is 0 Å². The van der Waals surface area contributed by atoms with Crippen LogP contribution in [0.3, 0.4) is 0 Å². The van der Waals surface area contributed by atoms with Gasteiger partial charge in [0.2, 0.25) is 0 Å². The van der Waals surface area contributed by atoms with Gasteiger partial charge in [0, 0.05) is 12.7 Å². The molecule has 96 valence electrons. The molecular weight excluding hydrogens is 232 g/mol. The van der Waals surface area contributed by atoms with Gasteiger partial charge in [0.15, 0.2) is 0 Å². The molecule has 0 bridgehead atoms. The Labute approximate surface area is 105 Å². The van der Waals surface area contributed by atoms with Gasteiger partial charge in [0.25, 0.3) is 5.91 Å². The molecule has 0 aliphatic heterocycles. The highest BCUT2D eigenvalue weighted by atomic mass is 16.4. The van der Waals surface area contributed by atoms with E-state index in [2.05, 4.69) is 17.2 Å². The molecule has 0 saturated heterocycles. The first-order chi connectivity index (χ1) is 8.58. The summed E-state index contributed by atoms with van der Waals surface area (Å²) in [4.78, 5) is 26.1. The fourth-order valence-electron chi connectivity index (χ4n) is 1.84. The van der Waals surface area contributed by atoms with Crippen molar-refractivity contribution in [2.24, 2.45) is 11.8 Å². The molecule has 1 aromatic rings. The largest absolute Gasteiger partial charge is 0.477 e. The maximum absolute atomic E-state index is 11.8. The Morgan fingerprint density at radius 1 is 1.50 bits per heavy atom. The average Bonchev–Trinajstić information content (AvgIpc) is 3.20. The van der Waals surface area contributed by atoms with Gasteiger partial charge in [-0.15, -0.1) is 0 Å². The maximum atomic E-state index is 11.8. The lowest BCUT2D eigenvalue weighted by Gasteiger charge is -2.11. The fraction of sp³-hybridized carbons (Fsp3) is 0.462. The molecule has 1 aliphatic carbocycles. The molecule has 1 aromatic heterocycles. The van der Waals surface area contributed by atoms with Crippen LogP contribution >= 0.6 is 0 Å². The van der Waals surface area contributed by atoms with Crippen LogP contribution in [0.4, 0.5) is 0 Å². The molecule has 2 rings (SSSR count). The van der Waals surface area contributed by atoms with E-state index in [9.17, 15) is 9.59 Å². The Kier molecular flexibility index (Phi) is 3.60. The summed E-state index contributed by atoms with van der Waals surface area (Å²) in [6.07, 6.45) is 3.80. The number of rotatable bonds is 5. The summed E-state index contributed by atoms with van der Waals surface area (Å²) < 4.78 is 0. The minimum atomic E-state index is -1.09. The highest BCUT2D eigenvalue weighted by molar-refractivity contribution is 5.94. The Balaban J connectivity index is 1.89. The van der Waals surface area contributed by atoms with Crippen molar-refractivity contribution in [3.63, 3.8) is 0 Å². The predicted octanol–water partition coefficient (Wildman–Crippen LogP) is 1.56. The van der Waals surface area contributed by atoms with Crippen LogP contribution in [0.1, 0.15) is 40.6 Å².